The molecule has 0 fully saturated rings. The largest absolute Gasteiger partial charge is 0.309 e. The molecule has 0 amide bonds. The normalized spacial score (nSPS) is 12.6. The number of hydrogen-bond acceptors (Lipinski definition) is 2. The highest BCUT2D eigenvalue weighted by Gasteiger charge is 2.28. The Hall–Kier alpha value is -5.35. The molecule has 1 aliphatic rings. The van der Waals surface area contributed by atoms with Crippen molar-refractivity contribution in [2.75, 3.05) is 4.90 Å². The van der Waals surface area contributed by atoms with Crippen LogP contribution in [0.1, 0.15) is 5.82 Å². The first kappa shape index (κ1) is 21.6. The van der Waals surface area contributed by atoms with Gasteiger partial charge in [0.1, 0.15) is 5.82 Å². The van der Waals surface area contributed by atoms with E-state index in [0.717, 1.165) is 45.3 Å². The van der Waals surface area contributed by atoms with E-state index in [9.17, 15) is 0 Å². The van der Waals surface area contributed by atoms with Crippen molar-refractivity contribution in [3.63, 3.8) is 0 Å². The van der Waals surface area contributed by atoms with Gasteiger partial charge < -0.3 is 9.47 Å². The molecule has 4 heteroatoms. The molecule has 0 bridgehead atoms. The van der Waals surface area contributed by atoms with Crippen molar-refractivity contribution < 1.29 is 0 Å². The van der Waals surface area contributed by atoms with Crippen LogP contribution in [-0.2, 0) is 0 Å². The van der Waals surface area contributed by atoms with Crippen molar-refractivity contribution in [2.24, 2.45) is 0 Å². The molecule has 1 aliphatic heterocycles. The van der Waals surface area contributed by atoms with Crippen molar-refractivity contribution in [3.05, 3.63) is 133 Å². The van der Waals surface area contributed by atoms with Crippen molar-refractivity contribution >= 4 is 60.7 Å². The molecule has 0 spiro atoms. The zero-order valence-corrected chi connectivity index (χ0v) is 21.9. The van der Waals surface area contributed by atoms with Crippen LogP contribution in [0.4, 0.5) is 17.1 Å². The van der Waals surface area contributed by atoms with Crippen LogP contribution in [-0.4, -0.2) is 14.1 Å². The number of aryl methyl sites for hydroxylation is 1. The standard InChI is InChI=1S/C36H24N4/c1-23-37-29-15-9-17-33-36(29)38(23)31-21-19-26(22-34(31)39(33)25-11-3-2-4-12-25)40-30-16-8-7-14-28(30)35-27-13-6-5-10-24(27)18-20-32(35)40/h2-22H,1H3. The molecule has 6 aromatic carbocycles. The monoisotopic (exact) mass is 512 g/mol. The fourth-order valence-corrected chi connectivity index (χ4v) is 6.72. The smallest absolute Gasteiger partial charge is 0.111 e. The minimum Gasteiger partial charge on any atom is -0.309 e. The maximum Gasteiger partial charge on any atom is 0.111 e. The molecule has 0 saturated heterocycles. The number of aromatic nitrogens is 3. The van der Waals surface area contributed by atoms with Crippen LogP contribution >= 0.6 is 0 Å². The van der Waals surface area contributed by atoms with E-state index in [0.29, 0.717) is 0 Å². The van der Waals surface area contributed by atoms with Gasteiger partial charge in [-0.25, -0.2) is 4.98 Å². The van der Waals surface area contributed by atoms with E-state index in [1.807, 2.05) is 0 Å². The number of rotatable bonds is 2. The number of hydrogen-bond donors (Lipinski definition) is 0. The van der Waals surface area contributed by atoms with E-state index in [4.69, 9.17) is 4.98 Å². The molecule has 4 nitrogen and oxygen atoms in total. The molecule has 0 unspecified atom stereocenters. The number of imidazole rings is 1. The second kappa shape index (κ2) is 7.84. The molecule has 0 N–H and O–H groups in total. The summed E-state index contributed by atoms with van der Waals surface area (Å²) >= 11 is 0. The fourth-order valence-electron chi connectivity index (χ4n) is 6.72. The predicted molar refractivity (Wildman–Crippen MR) is 166 cm³/mol. The maximum absolute atomic E-state index is 4.93. The number of fused-ring (bicyclic) bond motifs is 7. The Bertz CT molecular complexity index is 2290. The van der Waals surface area contributed by atoms with Gasteiger partial charge in [0.2, 0.25) is 0 Å². The summed E-state index contributed by atoms with van der Waals surface area (Å²) < 4.78 is 4.72. The van der Waals surface area contributed by atoms with E-state index in [-0.39, 0.29) is 0 Å². The van der Waals surface area contributed by atoms with Crippen LogP contribution in [0.25, 0.3) is 55.0 Å². The molecular weight excluding hydrogens is 488 g/mol. The zero-order valence-electron chi connectivity index (χ0n) is 21.9. The van der Waals surface area contributed by atoms with Gasteiger partial charge in [-0.1, -0.05) is 72.8 Å². The lowest BCUT2D eigenvalue weighted by atomic mass is 10.0. The molecule has 0 atom stereocenters. The van der Waals surface area contributed by atoms with E-state index in [2.05, 4.69) is 148 Å². The summed E-state index contributed by atoms with van der Waals surface area (Å²) in [4.78, 5) is 7.31. The first-order chi connectivity index (χ1) is 19.8. The summed E-state index contributed by atoms with van der Waals surface area (Å²) in [7, 11) is 0. The maximum atomic E-state index is 4.93. The summed E-state index contributed by atoms with van der Waals surface area (Å²) in [6.07, 6.45) is 0. The molecule has 9 rings (SSSR count). The highest BCUT2D eigenvalue weighted by molar-refractivity contribution is 6.21. The number of anilines is 3. The third-order valence-corrected chi connectivity index (χ3v) is 8.34. The second-order valence-corrected chi connectivity index (χ2v) is 10.5. The van der Waals surface area contributed by atoms with Gasteiger partial charge in [0, 0.05) is 22.1 Å². The van der Waals surface area contributed by atoms with Crippen LogP contribution in [0.2, 0.25) is 0 Å². The number of nitrogens with zero attached hydrogens (tertiary/aromatic N) is 4. The van der Waals surface area contributed by atoms with E-state index < -0.39 is 0 Å². The predicted octanol–water partition coefficient (Wildman–Crippen LogP) is 9.37. The third-order valence-electron chi connectivity index (χ3n) is 8.34. The van der Waals surface area contributed by atoms with E-state index in [1.165, 1.54) is 32.6 Å². The van der Waals surface area contributed by atoms with Crippen LogP contribution in [0.15, 0.2) is 127 Å². The Balaban J connectivity index is 1.39. The van der Waals surface area contributed by atoms with E-state index in [1.54, 1.807) is 0 Å². The molecule has 3 heterocycles. The first-order valence-corrected chi connectivity index (χ1v) is 13.7. The van der Waals surface area contributed by atoms with Gasteiger partial charge >= 0.3 is 0 Å². The Morgan fingerprint density at radius 3 is 2.23 bits per heavy atom. The Kier molecular flexibility index (Phi) is 4.23. The molecule has 188 valence electrons. The van der Waals surface area contributed by atoms with Gasteiger partial charge in [-0.3, -0.25) is 4.57 Å². The van der Waals surface area contributed by atoms with Gasteiger partial charge in [-0.05, 0) is 72.3 Å². The van der Waals surface area contributed by atoms with Crippen molar-refractivity contribution in [2.45, 2.75) is 6.92 Å². The van der Waals surface area contributed by atoms with Gasteiger partial charge in [0.05, 0.1) is 39.1 Å². The van der Waals surface area contributed by atoms with Gasteiger partial charge in [-0.15, -0.1) is 0 Å². The van der Waals surface area contributed by atoms with Gasteiger partial charge in [0.15, 0.2) is 0 Å². The molecule has 40 heavy (non-hydrogen) atoms. The number of para-hydroxylation sites is 3. The molecule has 0 radical (unpaired) electrons. The number of benzene rings is 6. The molecule has 2 aromatic heterocycles. The van der Waals surface area contributed by atoms with Gasteiger partial charge in [-0.2, -0.15) is 0 Å². The first-order valence-electron chi connectivity index (χ1n) is 13.7. The lowest BCUT2D eigenvalue weighted by Crippen LogP contribution is -2.19. The average Bonchev–Trinajstić information content (AvgIpc) is 3.53. The second-order valence-electron chi connectivity index (χ2n) is 10.5. The minimum absolute atomic E-state index is 0.993. The molecular formula is C36H24N4. The average molecular weight is 513 g/mol. The summed E-state index contributed by atoms with van der Waals surface area (Å²) in [5, 5.41) is 5.10. The lowest BCUT2D eigenvalue weighted by molar-refractivity contribution is 0.979. The Labute approximate surface area is 231 Å². The van der Waals surface area contributed by atoms with E-state index >= 15 is 0 Å². The highest BCUT2D eigenvalue weighted by atomic mass is 15.2. The Morgan fingerprint density at radius 1 is 0.525 bits per heavy atom. The molecule has 8 aromatic rings. The minimum atomic E-state index is 0.993. The van der Waals surface area contributed by atoms with Crippen molar-refractivity contribution in [1.82, 2.24) is 14.1 Å². The summed E-state index contributed by atoms with van der Waals surface area (Å²) in [5.74, 6) is 0.993. The van der Waals surface area contributed by atoms with Crippen molar-refractivity contribution in [3.8, 4) is 11.4 Å². The van der Waals surface area contributed by atoms with Crippen LogP contribution in [0, 0.1) is 6.92 Å². The van der Waals surface area contributed by atoms with Gasteiger partial charge in [0.25, 0.3) is 0 Å². The molecule has 0 aliphatic carbocycles. The Morgan fingerprint density at radius 2 is 1.32 bits per heavy atom. The lowest BCUT2D eigenvalue weighted by Gasteiger charge is -2.33. The zero-order chi connectivity index (χ0) is 26.4. The highest BCUT2D eigenvalue weighted by Crippen LogP contribution is 2.48. The van der Waals surface area contributed by atoms with Crippen molar-refractivity contribution in [1.29, 1.82) is 0 Å². The quantitative estimate of drug-likeness (QED) is 0.231. The van der Waals surface area contributed by atoms with Crippen LogP contribution < -0.4 is 4.90 Å². The summed E-state index contributed by atoms with van der Waals surface area (Å²) in [6, 6.07) is 45.9. The fraction of sp³-hybridized carbons (Fsp3) is 0.0278. The topological polar surface area (TPSA) is 26.0 Å². The van der Waals surface area contributed by atoms with Crippen LogP contribution in [0.5, 0.6) is 0 Å². The summed E-state index contributed by atoms with van der Waals surface area (Å²) in [5.41, 5.74) is 10.3. The third kappa shape index (κ3) is 2.77. The van der Waals surface area contributed by atoms with Crippen LogP contribution in [0.3, 0.4) is 0 Å². The summed E-state index contributed by atoms with van der Waals surface area (Å²) in [6.45, 7) is 2.09. The molecule has 0 saturated carbocycles. The SMILES string of the molecule is Cc1nc2cccc3c2n1-c1ccc(-n2c4ccccc4c4c5ccccc5ccc42)cc1N3c1ccccc1.